The third-order valence-corrected chi connectivity index (χ3v) is 3.27. The van der Waals surface area contributed by atoms with E-state index in [4.69, 9.17) is 0 Å². The van der Waals surface area contributed by atoms with Crippen LogP contribution < -0.4 is 10.6 Å². The lowest BCUT2D eigenvalue weighted by atomic mass is 10.4. The highest BCUT2D eigenvalue weighted by atomic mass is 16.2. The number of amides is 2. The van der Waals surface area contributed by atoms with Gasteiger partial charge in [0.05, 0.1) is 0 Å². The van der Waals surface area contributed by atoms with Crippen molar-refractivity contribution >= 4 is 11.8 Å². The minimum absolute atomic E-state index is 0.181. The first kappa shape index (κ1) is 13.8. The maximum Gasteiger partial charge on any atom is 0.320 e. The number of hydrogen-bond donors (Lipinski definition) is 2. The molecule has 2 rings (SSSR count). The van der Waals surface area contributed by atoms with E-state index in [0.717, 1.165) is 18.7 Å². The smallest absolute Gasteiger partial charge is 0.320 e. The van der Waals surface area contributed by atoms with Crippen LogP contribution in [0.5, 0.6) is 0 Å². The summed E-state index contributed by atoms with van der Waals surface area (Å²) in [5.41, 5.74) is 0.895. The van der Waals surface area contributed by atoms with Gasteiger partial charge in [0.1, 0.15) is 5.82 Å². The third-order valence-electron chi connectivity index (χ3n) is 3.27. The number of likely N-dealkylation sites (tertiary alicyclic amines) is 1. The van der Waals surface area contributed by atoms with Crippen LogP contribution in [0.1, 0.15) is 25.0 Å². The van der Waals surface area contributed by atoms with Crippen LogP contribution in [0.3, 0.4) is 0 Å². The zero-order chi connectivity index (χ0) is 13.5. The molecule has 0 saturated carbocycles. The lowest BCUT2D eigenvalue weighted by Gasteiger charge is -2.14. The second-order valence-corrected chi connectivity index (χ2v) is 4.95. The number of aryl methyl sites for hydroxylation is 1. The van der Waals surface area contributed by atoms with Crippen molar-refractivity contribution in [2.75, 3.05) is 31.5 Å². The molecule has 0 radical (unpaired) electrons. The van der Waals surface area contributed by atoms with E-state index in [1.807, 2.05) is 19.1 Å². The molecule has 2 amide bonds. The Morgan fingerprint density at radius 3 is 2.89 bits per heavy atom. The van der Waals surface area contributed by atoms with Crippen molar-refractivity contribution in [2.45, 2.75) is 26.2 Å². The van der Waals surface area contributed by atoms with Gasteiger partial charge >= 0.3 is 6.03 Å². The van der Waals surface area contributed by atoms with Crippen molar-refractivity contribution in [3.05, 3.63) is 23.9 Å². The van der Waals surface area contributed by atoms with Crippen molar-refractivity contribution in [1.29, 1.82) is 0 Å². The molecule has 19 heavy (non-hydrogen) atoms. The maximum absolute atomic E-state index is 11.6. The maximum atomic E-state index is 11.6. The number of anilines is 1. The molecule has 0 atom stereocenters. The second kappa shape index (κ2) is 7.09. The van der Waals surface area contributed by atoms with Crippen LogP contribution in [0.4, 0.5) is 10.6 Å². The average Bonchev–Trinajstić information content (AvgIpc) is 2.88. The van der Waals surface area contributed by atoms with Crippen LogP contribution in [-0.2, 0) is 0 Å². The normalized spacial score (nSPS) is 15.4. The number of carbonyl (C=O) groups excluding carboxylic acids is 1. The summed E-state index contributed by atoms with van der Waals surface area (Å²) in [6.45, 7) is 6.09. The van der Waals surface area contributed by atoms with Crippen LogP contribution in [0.15, 0.2) is 18.2 Å². The fraction of sp³-hybridized carbons (Fsp3) is 0.571. The summed E-state index contributed by atoms with van der Waals surface area (Å²) in [5.74, 6) is 0.594. The standard InChI is InChI=1S/C14H22N4O/c1-12-6-4-7-13(16-12)17-14(19)15-8-5-11-18-9-2-3-10-18/h4,6-7H,2-3,5,8-11H2,1H3,(H2,15,16,17,19). The van der Waals surface area contributed by atoms with Crippen LogP contribution in [0.25, 0.3) is 0 Å². The molecule has 1 aliphatic rings. The van der Waals surface area contributed by atoms with Gasteiger partial charge in [0.15, 0.2) is 0 Å². The van der Waals surface area contributed by atoms with Crippen molar-refractivity contribution in [1.82, 2.24) is 15.2 Å². The van der Waals surface area contributed by atoms with Crippen LogP contribution in [0, 0.1) is 6.92 Å². The molecule has 0 bridgehead atoms. The molecule has 1 aliphatic heterocycles. The summed E-state index contributed by atoms with van der Waals surface area (Å²) < 4.78 is 0. The predicted octanol–water partition coefficient (Wildman–Crippen LogP) is 2.00. The number of carbonyl (C=O) groups is 1. The Morgan fingerprint density at radius 1 is 1.37 bits per heavy atom. The number of hydrogen-bond acceptors (Lipinski definition) is 3. The highest BCUT2D eigenvalue weighted by Gasteiger charge is 2.10. The van der Waals surface area contributed by atoms with Gasteiger partial charge in [0.25, 0.3) is 0 Å². The molecule has 2 heterocycles. The number of nitrogens with one attached hydrogen (secondary N) is 2. The molecule has 104 valence electrons. The summed E-state index contributed by atoms with van der Waals surface area (Å²) in [6.07, 6.45) is 3.62. The van der Waals surface area contributed by atoms with E-state index in [1.165, 1.54) is 25.9 Å². The summed E-state index contributed by atoms with van der Waals surface area (Å²) in [4.78, 5) is 18.3. The topological polar surface area (TPSA) is 57.3 Å². The molecule has 0 spiro atoms. The van der Waals surface area contributed by atoms with Crippen LogP contribution in [0.2, 0.25) is 0 Å². The van der Waals surface area contributed by atoms with Crippen LogP contribution in [-0.4, -0.2) is 42.1 Å². The zero-order valence-corrected chi connectivity index (χ0v) is 11.5. The van der Waals surface area contributed by atoms with Crippen molar-refractivity contribution in [3.63, 3.8) is 0 Å². The fourth-order valence-electron chi connectivity index (χ4n) is 2.28. The Labute approximate surface area is 114 Å². The van der Waals surface area contributed by atoms with Gasteiger partial charge < -0.3 is 10.2 Å². The van der Waals surface area contributed by atoms with Gasteiger partial charge in [0.2, 0.25) is 0 Å². The van der Waals surface area contributed by atoms with Gasteiger partial charge in [-0.2, -0.15) is 0 Å². The van der Waals surface area contributed by atoms with Crippen molar-refractivity contribution in [3.8, 4) is 0 Å². The average molecular weight is 262 g/mol. The van der Waals surface area contributed by atoms with Crippen LogP contribution >= 0.6 is 0 Å². The van der Waals surface area contributed by atoms with Crippen molar-refractivity contribution in [2.24, 2.45) is 0 Å². The Hall–Kier alpha value is -1.62. The first-order valence-electron chi connectivity index (χ1n) is 6.95. The molecule has 5 nitrogen and oxygen atoms in total. The Bertz CT molecular complexity index is 416. The van der Waals surface area contributed by atoms with Gasteiger partial charge in [-0.1, -0.05) is 6.07 Å². The number of rotatable bonds is 5. The molecular formula is C14H22N4O. The fourth-order valence-corrected chi connectivity index (χ4v) is 2.28. The Balaban J connectivity index is 1.61. The monoisotopic (exact) mass is 262 g/mol. The van der Waals surface area contributed by atoms with E-state index < -0.39 is 0 Å². The summed E-state index contributed by atoms with van der Waals surface area (Å²) in [7, 11) is 0. The molecule has 2 N–H and O–H groups in total. The minimum atomic E-state index is -0.181. The second-order valence-electron chi connectivity index (χ2n) is 4.95. The molecule has 0 aromatic carbocycles. The quantitative estimate of drug-likeness (QED) is 0.798. The van der Waals surface area contributed by atoms with Gasteiger partial charge in [-0.05, 0) is 58.0 Å². The lowest BCUT2D eigenvalue weighted by Crippen LogP contribution is -2.32. The van der Waals surface area contributed by atoms with Crippen molar-refractivity contribution < 1.29 is 4.79 Å². The first-order chi connectivity index (χ1) is 9.24. The van der Waals surface area contributed by atoms with E-state index in [1.54, 1.807) is 6.07 Å². The molecule has 1 aromatic rings. The minimum Gasteiger partial charge on any atom is -0.338 e. The van der Waals surface area contributed by atoms with E-state index in [2.05, 4.69) is 20.5 Å². The molecule has 1 aromatic heterocycles. The summed E-state index contributed by atoms with van der Waals surface area (Å²) >= 11 is 0. The predicted molar refractivity (Wildman–Crippen MR) is 76.3 cm³/mol. The Kier molecular flexibility index (Phi) is 5.15. The summed E-state index contributed by atoms with van der Waals surface area (Å²) in [6, 6.07) is 5.39. The van der Waals surface area contributed by atoms with Gasteiger partial charge in [-0.15, -0.1) is 0 Å². The van der Waals surface area contributed by atoms with E-state index >= 15 is 0 Å². The number of nitrogens with zero attached hydrogens (tertiary/aromatic N) is 2. The van der Waals surface area contributed by atoms with Gasteiger partial charge in [-0.25, -0.2) is 9.78 Å². The van der Waals surface area contributed by atoms with Gasteiger partial charge in [-0.3, -0.25) is 5.32 Å². The SMILES string of the molecule is Cc1cccc(NC(=O)NCCCN2CCCC2)n1. The Morgan fingerprint density at radius 2 is 2.16 bits per heavy atom. The summed E-state index contributed by atoms with van der Waals surface area (Å²) in [5, 5.41) is 5.59. The molecular weight excluding hydrogens is 240 g/mol. The number of pyridine rings is 1. The molecule has 1 fully saturated rings. The molecule has 0 aliphatic carbocycles. The first-order valence-corrected chi connectivity index (χ1v) is 6.95. The highest BCUT2D eigenvalue weighted by molar-refractivity contribution is 5.88. The molecule has 0 unspecified atom stereocenters. The highest BCUT2D eigenvalue weighted by Crippen LogP contribution is 2.07. The molecule has 1 saturated heterocycles. The number of aromatic nitrogens is 1. The lowest BCUT2D eigenvalue weighted by molar-refractivity contribution is 0.251. The largest absolute Gasteiger partial charge is 0.338 e. The van der Waals surface area contributed by atoms with Gasteiger partial charge in [0, 0.05) is 12.2 Å². The van der Waals surface area contributed by atoms with E-state index in [0.29, 0.717) is 12.4 Å². The third kappa shape index (κ3) is 4.87. The van der Waals surface area contributed by atoms with E-state index in [9.17, 15) is 4.79 Å². The number of urea groups is 1. The molecule has 5 heteroatoms. The zero-order valence-electron chi connectivity index (χ0n) is 11.5. The van der Waals surface area contributed by atoms with E-state index in [-0.39, 0.29) is 6.03 Å².